The number of hydrogen-bond donors (Lipinski definition) is 1. The van der Waals surface area contributed by atoms with Gasteiger partial charge in [-0.15, -0.1) is 0 Å². The first kappa shape index (κ1) is 24.5. The van der Waals surface area contributed by atoms with Crippen LogP contribution in [0, 0.1) is 5.92 Å². The maximum Gasteiger partial charge on any atom is 0.326 e. The molecule has 2 rings (SSSR count). The maximum absolute atomic E-state index is 12.9. The molecule has 0 aliphatic carbocycles. The summed E-state index contributed by atoms with van der Waals surface area (Å²) in [7, 11) is 0. The molecule has 0 radical (unpaired) electrons. The smallest absolute Gasteiger partial charge is 0.326 e. The van der Waals surface area contributed by atoms with E-state index >= 15 is 0 Å². The largest absolute Gasteiger partial charge is 0.480 e. The fourth-order valence-corrected chi connectivity index (χ4v) is 3.49. The first-order valence-corrected chi connectivity index (χ1v) is 10.6. The number of aliphatic carboxylic acids is 1. The molecule has 0 saturated heterocycles. The molecule has 30 heavy (non-hydrogen) atoms. The average Bonchev–Trinajstić information content (AvgIpc) is 2.72. The zero-order valence-corrected chi connectivity index (χ0v) is 18.8. The third-order valence-corrected chi connectivity index (χ3v) is 5.19. The molecular formula is C22H24Cl3NO4. The van der Waals surface area contributed by atoms with Crippen molar-refractivity contribution in [3.8, 4) is 0 Å². The van der Waals surface area contributed by atoms with Crippen LogP contribution in [0.4, 0.5) is 0 Å². The molecule has 5 nitrogen and oxygen atoms in total. The molecule has 1 N–H and O–H groups in total. The van der Waals surface area contributed by atoms with Gasteiger partial charge in [0.15, 0.2) is 0 Å². The molecule has 2 atom stereocenters. The van der Waals surface area contributed by atoms with Gasteiger partial charge in [0.1, 0.15) is 6.04 Å². The van der Waals surface area contributed by atoms with E-state index in [1.807, 2.05) is 43.3 Å². The molecule has 0 heterocycles. The van der Waals surface area contributed by atoms with Crippen LogP contribution in [-0.2, 0) is 27.5 Å². The molecule has 0 aromatic heterocycles. The average molecular weight is 473 g/mol. The Bertz CT molecular complexity index is 812. The lowest BCUT2D eigenvalue weighted by molar-refractivity contribution is -0.154. The van der Waals surface area contributed by atoms with E-state index in [1.54, 1.807) is 24.3 Å². The highest BCUT2D eigenvalue weighted by Gasteiger charge is 2.43. The summed E-state index contributed by atoms with van der Waals surface area (Å²) in [6.07, 6.45) is 0.462. The number of amides is 1. The van der Waals surface area contributed by atoms with Crippen LogP contribution in [0.3, 0.4) is 0 Å². The van der Waals surface area contributed by atoms with E-state index in [4.69, 9.17) is 39.5 Å². The van der Waals surface area contributed by atoms with Crippen molar-refractivity contribution in [2.75, 3.05) is 6.61 Å². The number of alkyl halides is 3. The minimum atomic E-state index is -2.27. The minimum Gasteiger partial charge on any atom is -0.480 e. The first-order valence-electron chi connectivity index (χ1n) is 9.50. The van der Waals surface area contributed by atoms with Gasteiger partial charge >= 0.3 is 5.97 Å². The summed E-state index contributed by atoms with van der Waals surface area (Å²) in [4.78, 5) is 26.2. The molecule has 162 valence electrons. The van der Waals surface area contributed by atoms with Gasteiger partial charge in [0.2, 0.25) is 0 Å². The Labute approximate surface area is 191 Å². The fourth-order valence-electron chi connectivity index (χ4n) is 3.16. The molecule has 0 unspecified atom stereocenters. The number of benzene rings is 2. The standard InChI is InChI=1S/C22H24Cl3NO4/c1-2-18(15-30-14-17-11-7-4-8-12-17)19(20(27)28)26(21(29)22(23,24)25)13-16-9-5-3-6-10-16/h3-12,18-19H,2,13-15H2,1H3,(H,27,28)/t18-,19+/m0/s1. The van der Waals surface area contributed by atoms with Crippen molar-refractivity contribution in [3.05, 3.63) is 71.8 Å². The highest BCUT2D eigenvalue weighted by atomic mass is 35.6. The van der Waals surface area contributed by atoms with Crippen molar-refractivity contribution >= 4 is 46.7 Å². The van der Waals surface area contributed by atoms with Crippen LogP contribution in [0.2, 0.25) is 0 Å². The van der Waals surface area contributed by atoms with Crippen molar-refractivity contribution < 1.29 is 19.4 Å². The van der Waals surface area contributed by atoms with Crippen LogP contribution in [0.25, 0.3) is 0 Å². The third-order valence-electron chi connectivity index (χ3n) is 4.70. The van der Waals surface area contributed by atoms with Crippen LogP contribution in [0.15, 0.2) is 60.7 Å². The van der Waals surface area contributed by atoms with Crippen molar-refractivity contribution in [3.63, 3.8) is 0 Å². The quantitative estimate of drug-likeness (QED) is 0.490. The lowest BCUT2D eigenvalue weighted by atomic mass is 9.95. The van der Waals surface area contributed by atoms with Crippen molar-refractivity contribution in [2.45, 2.75) is 36.3 Å². The van der Waals surface area contributed by atoms with Crippen LogP contribution in [-0.4, -0.2) is 38.3 Å². The van der Waals surface area contributed by atoms with Gasteiger partial charge in [0.25, 0.3) is 9.70 Å². The topological polar surface area (TPSA) is 66.8 Å². The van der Waals surface area contributed by atoms with Gasteiger partial charge in [-0.2, -0.15) is 0 Å². The molecule has 1 amide bonds. The second-order valence-electron chi connectivity index (χ2n) is 6.87. The summed E-state index contributed by atoms with van der Waals surface area (Å²) < 4.78 is 3.50. The highest BCUT2D eigenvalue weighted by Crippen LogP contribution is 2.32. The third kappa shape index (κ3) is 7.17. The summed E-state index contributed by atoms with van der Waals surface area (Å²) in [5, 5.41) is 9.98. The van der Waals surface area contributed by atoms with Gasteiger partial charge < -0.3 is 14.7 Å². The van der Waals surface area contributed by atoms with Crippen LogP contribution >= 0.6 is 34.8 Å². The zero-order valence-electron chi connectivity index (χ0n) is 16.5. The lowest BCUT2D eigenvalue weighted by Gasteiger charge is -2.35. The van der Waals surface area contributed by atoms with Gasteiger partial charge in [-0.3, -0.25) is 4.79 Å². The predicted octanol–water partition coefficient (Wildman–Crippen LogP) is 5.08. The Morgan fingerprint density at radius 3 is 2.00 bits per heavy atom. The molecule has 0 bridgehead atoms. The molecule has 8 heteroatoms. The molecule has 0 saturated carbocycles. The van der Waals surface area contributed by atoms with Gasteiger partial charge in [-0.25, -0.2) is 4.79 Å². The van der Waals surface area contributed by atoms with Crippen molar-refractivity contribution in [1.82, 2.24) is 4.90 Å². The normalized spacial score (nSPS) is 13.5. The predicted molar refractivity (Wildman–Crippen MR) is 119 cm³/mol. The van der Waals surface area contributed by atoms with Gasteiger partial charge in [0, 0.05) is 12.5 Å². The molecule has 0 fully saturated rings. The van der Waals surface area contributed by atoms with Crippen LogP contribution < -0.4 is 0 Å². The lowest BCUT2D eigenvalue weighted by Crippen LogP contribution is -2.53. The van der Waals surface area contributed by atoms with E-state index < -0.39 is 27.6 Å². The van der Waals surface area contributed by atoms with Gasteiger partial charge in [-0.05, 0) is 17.5 Å². The van der Waals surface area contributed by atoms with E-state index in [0.717, 1.165) is 16.0 Å². The van der Waals surface area contributed by atoms with Crippen molar-refractivity contribution in [1.29, 1.82) is 0 Å². The number of carboxylic acid groups (broad SMARTS) is 1. The Morgan fingerprint density at radius 1 is 1.00 bits per heavy atom. The van der Waals surface area contributed by atoms with E-state index in [0.29, 0.717) is 13.0 Å². The molecular weight excluding hydrogens is 449 g/mol. The SMILES string of the molecule is CC[C@@H](COCc1ccccc1)[C@H](C(=O)O)N(Cc1ccccc1)C(=O)C(Cl)(Cl)Cl. The Kier molecular flexibility index (Phi) is 9.43. The summed E-state index contributed by atoms with van der Waals surface area (Å²) in [5.41, 5.74) is 1.70. The molecule has 0 spiro atoms. The second kappa shape index (κ2) is 11.6. The summed E-state index contributed by atoms with van der Waals surface area (Å²) in [6.45, 7) is 2.31. The molecule has 2 aromatic carbocycles. The fraction of sp³-hybridized carbons (Fsp3) is 0.364. The summed E-state index contributed by atoms with van der Waals surface area (Å²) >= 11 is 17.5. The van der Waals surface area contributed by atoms with Crippen molar-refractivity contribution in [2.24, 2.45) is 5.92 Å². The number of hydrogen-bond acceptors (Lipinski definition) is 3. The second-order valence-corrected chi connectivity index (χ2v) is 9.15. The highest BCUT2D eigenvalue weighted by molar-refractivity contribution is 6.76. The first-order chi connectivity index (χ1) is 14.2. The number of nitrogens with zero attached hydrogens (tertiary/aromatic N) is 1. The Morgan fingerprint density at radius 2 is 1.53 bits per heavy atom. The van der Waals surface area contributed by atoms with E-state index in [-0.39, 0.29) is 13.2 Å². The number of carboxylic acids is 1. The van der Waals surface area contributed by atoms with E-state index in [1.165, 1.54) is 0 Å². The summed E-state index contributed by atoms with van der Waals surface area (Å²) in [5.74, 6) is -2.56. The zero-order chi connectivity index (χ0) is 22.1. The molecule has 0 aliphatic rings. The number of carbonyl (C=O) groups is 2. The van der Waals surface area contributed by atoms with Crippen LogP contribution in [0.1, 0.15) is 24.5 Å². The minimum absolute atomic E-state index is 0.000263. The Hall–Kier alpha value is -1.79. The number of halogens is 3. The number of carbonyl (C=O) groups excluding carboxylic acids is 1. The Balaban J connectivity index is 2.24. The molecule has 0 aliphatic heterocycles. The van der Waals surface area contributed by atoms with Crippen LogP contribution in [0.5, 0.6) is 0 Å². The molecule has 2 aromatic rings. The van der Waals surface area contributed by atoms with Gasteiger partial charge in [-0.1, -0.05) is 102 Å². The summed E-state index contributed by atoms with van der Waals surface area (Å²) in [6, 6.07) is 17.3. The van der Waals surface area contributed by atoms with E-state index in [9.17, 15) is 14.7 Å². The van der Waals surface area contributed by atoms with E-state index in [2.05, 4.69) is 0 Å². The van der Waals surface area contributed by atoms with Gasteiger partial charge in [0.05, 0.1) is 13.2 Å². The number of rotatable bonds is 10. The maximum atomic E-state index is 12.9. The number of ether oxygens (including phenoxy) is 1. The monoisotopic (exact) mass is 471 g/mol.